The van der Waals surface area contributed by atoms with Gasteiger partial charge in [0.1, 0.15) is 5.82 Å². The molecular weight excluding hydrogens is 351 g/mol. The molecule has 1 atom stereocenters. The van der Waals surface area contributed by atoms with Gasteiger partial charge >= 0.3 is 0 Å². The maximum atomic E-state index is 13.0. The Morgan fingerprint density at radius 2 is 2.04 bits per heavy atom. The molecule has 0 saturated carbocycles. The van der Waals surface area contributed by atoms with Crippen LogP contribution in [0.15, 0.2) is 53.9 Å². The van der Waals surface area contributed by atoms with Crippen LogP contribution >= 0.6 is 11.3 Å². The van der Waals surface area contributed by atoms with Gasteiger partial charge in [0, 0.05) is 10.9 Å². The second-order valence-corrected chi connectivity index (χ2v) is 6.96. The number of nitrogens with one attached hydrogen (secondary N) is 1. The van der Waals surface area contributed by atoms with Crippen molar-refractivity contribution in [1.82, 2.24) is 4.98 Å². The number of anilines is 1. The molecule has 0 spiro atoms. The lowest BCUT2D eigenvalue weighted by Crippen LogP contribution is -2.22. The molecule has 0 radical (unpaired) electrons. The molecule has 0 aliphatic carbocycles. The van der Waals surface area contributed by atoms with Gasteiger partial charge in [-0.2, -0.15) is 0 Å². The highest BCUT2D eigenvalue weighted by molar-refractivity contribution is 7.14. The van der Waals surface area contributed by atoms with Crippen molar-refractivity contribution >= 4 is 22.4 Å². The summed E-state index contributed by atoms with van der Waals surface area (Å²) in [6, 6.07) is 14.2. The molecule has 0 fully saturated rings. The molecule has 0 saturated heterocycles. The average Bonchev–Trinajstić information content (AvgIpc) is 3.11. The largest absolute Gasteiger partial charge is 0.373 e. The van der Waals surface area contributed by atoms with Crippen molar-refractivity contribution < 1.29 is 13.9 Å². The van der Waals surface area contributed by atoms with E-state index in [1.807, 2.05) is 23.6 Å². The second kappa shape index (κ2) is 7.35. The zero-order valence-electron chi connectivity index (χ0n) is 13.9. The third-order valence-electron chi connectivity index (χ3n) is 4.35. The minimum atomic E-state index is -0.287. The Hall–Kier alpha value is -2.57. The molecule has 2 heterocycles. The van der Waals surface area contributed by atoms with Gasteiger partial charge in [0.15, 0.2) is 5.13 Å². The van der Waals surface area contributed by atoms with Gasteiger partial charge in [0.2, 0.25) is 5.91 Å². The predicted octanol–water partition coefficient (Wildman–Crippen LogP) is 4.59. The van der Waals surface area contributed by atoms with E-state index in [2.05, 4.69) is 16.4 Å². The second-order valence-electron chi connectivity index (χ2n) is 6.11. The van der Waals surface area contributed by atoms with Crippen LogP contribution in [0.4, 0.5) is 9.52 Å². The van der Waals surface area contributed by atoms with E-state index >= 15 is 0 Å². The van der Waals surface area contributed by atoms with Gasteiger partial charge in [-0.25, -0.2) is 9.37 Å². The standard InChI is InChI=1S/C20H17FN2O2S/c21-15-7-5-14(6-8-15)17-12-26-20(22-17)23-19(24)11-18-16-4-2-1-3-13(16)9-10-25-18/h1-8,12,18H,9-11H2,(H,22,23,24). The summed E-state index contributed by atoms with van der Waals surface area (Å²) in [4.78, 5) is 16.8. The third-order valence-corrected chi connectivity index (χ3v) is 5.11. The fourth-order valence-corrected chi connectivity index (χ4v) is 3.80. The number of amides is 1. The van der Waals surface area contributed by atoms with Gasteiger partial charge in [-0.15, -0.1) is 11.3 Å². The maximum absolute atomic E-state index is 13.0. The monoisotopic (exact) mass is 368 g/mol. The highest BCUT2D eigenvalue weighted by atomic mass is 32.1. The number of carbonyl (C=O) groups excluding carboxylic acids is 1. The number of aromatic nitrogens is 1. The molecule has 1 unspecified atom stereocenters. The van der Waals surface area contributed by atoms with Gasteiger partial charge in [0.25, 0.3) is 0 Å². The molecule has 1 amide bonds. The highest BCUT2D eigenvalue weighted by Crippen LogP contribution is 2.30. The topological polar surface area (TPSA) is 51.2 Å². The first kappa shape index (κ1) is 16.9. The molecule has 1 aliphatic heterocycles. The SMILES string of the molecule is O=C(CC1OCCc2ccccc21)Nc1nc(-c2ccc(F)cc2)cs1. The summed E-state index contributed by atoms with van der Waals surface area (Å²) < 4.78 is 18.8. The van der Waals surface area contributed by atoms with E-state index in [-0.39, 0.29) is 24.2 Å². The van der Waals surface area contributed by atoms with Crippen LogP contribution < -0.4 is 5.32 Å². The fraction of sp³-hybridized carbons (Fsp3) is 0.200. The first-order chi connectivity index (χ1) is 12.7. The molecule has 0 bridgehead atoms. The van der Waals surface area contributed by atoms with Crippen LogP contribution in [0, 0.1) is 5.82 Å². The summed E-state index contributed by atoms with van der Waals surface area (Å²) in [7, 11) is 0. The molecule has 1 aromatic heterocycles. The Morgan fingerprint density at radius 1 is 1.23 bits per heavy atom. The van der Waals surface area contributed by atoms with Crippen molar-refractivity contribution in [2.75, 3.05) is 11.9 Å². The molecule has 3 aromatic rings. The van der Waals surface area contributed by atoms with E-state index in [4.69, 9.17) is 4.74 Å². The summed E-state index contributed by atoms with van der Waals surface area (Å²) in [5, 5.41) is 5.20. The first-order valence-electron chi connectivity index (χ1n) is 8.40. The van der Waals surface area contributed by atoms with Crippen molar-refractivity contribution in [3.8, 4) is 11.3 Å². The Balaban J connectivity index is 1.42. The van der Waals surface area contributed by atoms with Gasteiger partial charge in [-0.05, 0) is 41.8 Å². The average molecular weight is 368 g/mol. The molecule has 4 rings (SSSR count). The quantitative estimate of drug-likeness (QED) is 0.733. The summed E-state index contributed by atoms with van der Waals surface area (Å²) in [5.74, 6) is -0.419. The van der Waals surface area contributed by atoms with Crippen LogP contribution in [-0.4, -0.2) is 17.5 Å². The number of hydrogen-bond acceptors (Lipinski definition) is 4. The summed E-state index contributed by atoms with van der Waals surface area (Å²) >= 11 is 1.35. The highest BCUT2D eigenvalue weighted by Gasteiger charge is 2.23. The van der Waals surface area contributed by atoms with Crippen LogP contribution in [0.25, 0.3) is 11.3 Å². The van der Waals surface area contributed by atoms with Crippen LogP contribution in [0.5, 0.6) is 0 Å². The zero-order valence-corrected chi connectivity index (χ0v) is 14.8. The Morgan fingerprint density at radius 3 is 2.88 bits per heavy atom. The van der Waals surface area contributed by atoms with Crippen molar-refractivity contribution in [2.24, 2.45) is 0 Å². The summed E-state index contributed by atoms with van der Waals surface area (Å²) in [6.45, 7) is 0.626. The van der Waals surface area contributed by atoms with E-state index < -0.39 is 0 Å². The lowest BCUT2D eigenvalue weighted by atomic mass is 9.96. The Labute approximate surface area is 154 Å². The predicted molar refractivity (Wildman–Crippen MR) is 99.6 cm³/mol. The molecule has 2 aromatic carbocycles. The minimum Gasteiger partial charge on any atom is -0.373 e. The molecule has 4 nitrogen and oxygen atoms in total. The van der Waals surface area contributed by atoms with Crippen LogP contribution in [0.1, 0.15) is 23.7 Å². The van der Waals surface area contributed by atoms with E-state index in [0.29, 0.717) is 17.4 Å². The van der Waals surface area contributed by atoms with Gasteiger partial charge in [0.05, 0.1) is 24.8 Å². The lowest BCUT2D eigenvalue weighted by Gasteiger charge is -2.25. The van der Waals surface area contributed by atoms with Crippen molar-refractivity contribution in [2.45, 2.75) is 18.9 Å². The van der Waals surface area contributed by atoms with E-state index in [0.717, 1.165) is 17.5 Å². The molecule has 26 heavy (non-hydrogen) atoms. The number of halogens is 1. The van der Waals surface area contributed by atoms with Crippen LogP contribution in [0.2, 0.25) is 0 Å². The number of nitrogens with zero attached hydrogens (tertiary/aromatic N) is 1. The Kier molecular flexibility index (Phi) is 4.77. The molecule has 132 valence electrons. The molecular formula is C20H17FN2O2S. The molecule has 6 heteroatoms. The minimum absolute atomic E-state index is 0.133. The van der Waals surface area contributed by atoms with Crippen molar-refractivity contribution in [3.05, 3.63) is 70.9 Å². The summed E-state index contributed by atoms with van der Waals surface area (Å²) in [5.41, 5.74) is 3.85. The smallest absolute Gasteiger partial charge is 0.229 e. The van der Waals surface area contributed by atoms with E-state index in [1.165, 1.54) is 29.0 Å². The zero-order chi connectivity index (χ0) is 17.9. The van der Waals surface area contributed by atoms with Crippen molar-refractivity contribution in [3.63, 3.8) is 0 Å². The lowest BCUT2D eigenvalue weighted by molar-refractivity contribution is -0.119. The number of carbonyl (C=O) groups is 1. The van der Waals surface area contributed by atoms with Gasteiger partial charge in [-0.1, -0.05) is 24.3 Å². The third kappa shape index (κ3) is 3.66. The number of ether oxygens (including phenoxy) is 1. The van der Waals surface area contributed by atoms with Crippen molar-refractivity contribution in [1.29, 1.82) is 0 Å². The number of hydrogen-bond donors (Lipinski definition) is 1. The fourth-order valence-electron chi connectivity index (χ4n) is 3.07. The number of fused-ring (bicyclic) bond motifs is 1. The van der Waals surface area contributed by atoms with Crippen LogP contribution in [-0.2, 0) is 16.0 Å². The number of rotatable bonds is 4. The Bertz CT molecular complexity index is 924. The number of thiazole rings is 1. The van der Waals surface area contributed by atoms with Gasteiger partial charge in [-0.3, -0.25) is 4.79 Å². The summed E-state index contributed by atoms with van der Waals surface area (Å²) in [6.07, 6.45) is 0.904. The number of benzene rings is 2. The first-order valence-corrected chi connectivity index (χ1v) is 9.28. The normalized spacial score (nSPS) is 16.1. The van der Waals surface area contributed by atoms with E-state index in [9.17, 15) is 9.18 Å². The van der Waals surface area contributed by atoms with Gasteiger partial charge < -0.3 is 10.1 Å². The van der Waals surface area contributed by atoms with Crippen LogP contribution in [0.3, 0.4) is 0 Å². The molecule has 1 aliphatic rings. The maximum Gasteiger partial charge on any atom is 0.229 e. The molecule has 1 N–H and O–H groups in total. The van der Waals surface area contributed by atoms with E-state index in [1.54, 1.807) is 12.1 Å².